The summed E-state index contributed by atoms with van der Waals surface area (Å²) in [7, 11) is 0.730. The van der Waals surface area contributed by atoms with Gasteiger partial charge in [0.25, 0.3) is 0 Å². The van der Waals surface area contributed by atoms with Crippen LogP contribution in [-0.2, 0) is 0 Å². The van der Waals surface area contributed by atoms with E-state index in [2.05, 4.69) is 6.07 Å². The standard InChI is InChI=1S/C16H12BO2/c18-17-19-16-14-9-5-4-8-13(14)10-11-15(16)12-6-2-1-3-7-12/h1-11,18H. The molecule has 0 saturated heterocycles. The highest BCUT2D eigenvalue weighted by molar-refractivity contribution is 6.18. The Balaban J connectivity index is 2.27. The zero-order valence-corrected chi connectivity index (χ0v) is 10.3. The van der Waals surface area contributed by atoms with Crippen molar-refractivity contribution in [3.05, 3.63) is 66.7 Å². The Bertz CT molecular complexity index is 695. The van der Waals surface area contributed by atoms with Gasteiger partial charge >= 0.3 is 7.69 Å². The van der Waals surface area contributed by atoms with Crippen LogP contribution in [0.4, 0.5) is 0 Å². The Kier molecular flexibility index (Phi) is 3.21. The van der Waals surface area contributed by atoms with Gasteiger partial charge < -0.3 is 9.68 Å². The third-order valence-corrected chi connectivity index (χ3v) is 3.13. The van der Waals surface area contributed by atoms with Gasteiger partial charge in [0.05, 0.1) is 0 Å². The maximum absolute atomic E-state index is 9.00. The van der Waals surface area contributed by atoms with Crippen LogP contribution in [0, 0.1) is 0 Å². The minimum absolute atomic E-state index is 0.673. The minimum atomic E-state index is 0.673. The Morgan fingerprint density at radius 3 is 2.32 bits per heavy atom. The van der Waals surface area contributed by atoms with Gasteiger partial charge in [0.15, 0.2) is 0 Å². The predicted molar refractivity (Wildman–Crippen MR) is 78.0 cm³/mol. The smallest absolute Gasteiger partial charge is 0.537 e. The molecular weight excluding hydrogens is 235 g/mol. The molecule has 0 spiro atoms. The monoisotopic (exact) mass is 247 g/mol. The maximum Gasteiger partial charge on any atom is 0.569 e. The van der Waals surface area contributed by atoms with Crippen molar-refractivity contribution >= 4 is 18.5 Å². The van der Waals surface area contributed by atoms with Gasteiger partial charge in [-0.15, -0.1) is 0 Å². The number of hydrogen-bond donors (Lipinski definition) is 1. The lowest BCUT2D eigenvalue weighted by atomic mass is 9.99. The molecule has 2 nitrogen and oxygen atoms in total. The third-order valence-electron chi connectivity index (χ3n) is 3.13. The summed E-state index contributed by atoms with van der Waals surface area (Å²) in [6, 6.07) is 22.0. The Hall–Kier alpha value is -2.26. The van der Waals surface area contributed by atoms with E-state index in [4.69, 9.17) is 9.68 Å². The second-order valence-electron chi connectivity index (χ2n) is 4.25. The molecule has 3 aromatic carbocycles. The molecule has 3 aromatic rings. The van der Waals surface area contributed by atoms with Crippen LogP contribution < -0.4 is 4.65 Å². The van der Waals surface area contributed by atoms with Gasteiger partial charge in [0, 0.05) is 10.9 Å². The summed E-state index contributed by atoms with van der Waals surface area (Å²) in [5, 5.41) is 11.1. The van der Waals surface area contributed by atoms with Crippen LogP contribution >= 0.6 is 0 Å². The molecule has 0 heterocycles. The fraction of sp³-hybridized carbons (Fsp3) is 0. The first-order valence-electron chi connectivity index (χ1n) is 6.10. The molecule has 0 aliphatic carbocycles. The lowest BCUT2D eigenvalue weighted by Crippen LogP contribution is -2.02. The highest BCUT2D eigenvalue weighted by Crippen LogP contribution is 2.36. The van der Waals surface area contributed by atoms with Crippen LogP contribution in [0.2, 0.25) is 0 Å². The van der Waals surface area contributed by atoms with Gasteiger partial charge in [0.1, 0.15) is 5.75 Å². The summed E-state index contributed by atoms with van der Waals surface area (Å²) < 4.78 is 5.34. The van der Waals surface area contributed by atoms with E-state index < -0.39 is 0 Å². The van der Waals surface area contributed by atoms with Gasteiger partial charge in [-0.1, -0.05) is 66.7 Å². The lowest BCUT2D eigenvalue weighted by molar-refractivity contribution is 0.457. The first-order valence-corrected chi connectivity index (χ1v) is 6.10. The molecule has 3 heteroatoms. The van der Waals surface area contributed by atoms with Gasteiger partial charge in [-0.2, -0.15) is 0 Å². The highest BCUT2D eigenvalue weighted by Gasteiger charge is 2.10. The third kappa shape index (κ3) is 2.20. The van der Waals surface area contributed by atoms with Crippen LogP contribution in [0.3, 0.4) is 0 Å². The normalized spacial score (nSPS) is 10.4. The zero-order valence-electron chi connectivity index (χ0n) is 10.3. The van der Waals surface area contributed by atoms with Gasteiger partial charge in [-0.05, 0) is 10.9 Å². The van der Waals surface area contributed by atoms with Crippen LogP contribution in [0.25, 0.3) is 21.9 Å². The second kappa shape index (κ2) is 5.16. The topological polar surface area (TPSA) is 29.5 Å². The van der Waals surface area contributed by atoms with Crippen molar-refractivity contribution in [1.82, 2.24) is 0 Å². The van der Waals surface area contributed by atoms with Crippen molar-refractivity contribution in [1.29, 1.82) is 0 Å². The van der Waals surface area contributed by atoms with Gasteiger partial charge in [0.2, 0.25) is 0 Å². The van der Waals surface area contributed by atoms with E-state index >= 15 is 0 Å². The summed E-state index contributed by atoms with van der Waals surface area (Å²) in [5.74, 6) is 0.673. The van der Waals surface area contributed by atoms with E-state index in [9.17, 15) is 0 Å². The summed E-state index contributed by atoms with van der Waals surface area (Å²) in [5.41, 5.74) is 2.02. The van der Waals surface area contributed by atoms with Crippen molar-refractivity contribution in [2.24, 2.45) is 0 Å². The molecule has 0 bridgehead atoms. The van der Waals surface area contributed by atoms with E-state index in [1.54, 1.807) is 0 Å². The van der Waals surface area contributed by atoms with Crippen molar-refractivity contribution < 1.29 is 9.68 Å². The molecule has 0 aromatic heterocycles. The summed E-state index contributed by atoms with van der Waals surface area (Å²) >= 11 is 0. The summed E-state index contributed by atoms with van der Waals surface area (Å²) in [6.07, 6.45) is 0. The molecule has 0 aliphatic heterocycles. The fourth-order valence-corrected chi connectivity index (χ4v) is 2.27. The molecule has 0 saturated carbocycles. The predicted octanol–water partition coefficient (Wildman–Crippen LogP) is 3.41. The minimum Gasteiger partial charge on any atom is -0.537 e. The quantitative estimate of drug-likeness (QED) is 0.718. The number of hydrogen-bond acceptors (Lipinski definition) is 2. The molecule has 0 aliphatic rings. The van der Waals surface area contributed by atoms with E-state index in [1.807, 2.05) is 60.7 Å². The first kappa shape index (κ1) is 11.8. The first-order chi connectivity index (χ1) is 9.40. The highest BCUT2D eigenvalue weighted by atomic mass is 16.5. The molecule has 0 unspecified atom stereocenters. The van der Waals surface area contributed by atoms with Gasteiger partial charge in [-0.25, -0.2) is 0 Å². The van der Waals surface area contributed by atoms with Crippen molar-refractivity contribution in [2.45, 2.75) is 0 Å². The van der Waals surface area contributed by atoms with E-state index in [0.717, 1.165) is 29.6 Å². The van der Waals surface area contributed by atoms with Crippen LogP contribution in [0.1, 0.15) is 0 Å². The SMILES string of the molecule is O[B]Oc1c(-c2ccccc2)ccc2ccccc12. The average Bonchev–Trinajstić information content (AvgIpc) is 2.49. The van der Waals surface area contributed by atoms with Crippen LogP contribution in [0.15, 0.2) is 66.7 Å². The van der Waals surface area contributed by atoms with E-state index in [-0.39, 0.29) is 0 Å². The zero-order chi connectivity index (χ0) is 13.1. The van der Waals surface area contributed by atoms with Crippen molar-refractivity contribution in [2.75, 3.05) is 0 Å². The lowest BCUT2D eigenvalue weighted by Gasteiger charge is -2.13. The van der Waals surface area contributed by atoms with E-state index in [1.165, 1.54) is 0 Å². The fourth-order valence-electron chi connectivity index (χ4n) is 2.27. The Labute approximate surface area is 112 Å². The Morgan fingerprint density at radius 1 is 0.789 bits per heavy atom. The molecule has 0 atom stereocenters. The molecule has 91 valence electrons. The number of rotatable bonds is 3. The molecule has 0 amide bonds. The molecule has 0 fully saturated rings. The molecular formula is C16H12BO2. The van der Waals surface area contributed by atoms with Crippen LogP contribution in [-0.4, -0.2) is 12.7 Å². The number of benzene rings is 3. The second-order valence-corrected chi connectivity index (χ2v) is 4.25. The molecule has 3 rings (SSSR count). The largest absolute Gasteiger partial charge is 0.569 e. The number of fused-ring (bicyclic) bond motifs is 1. The molecule has 1 N–H and O–H groups in total. The molecule has 19 heavy (non-hydrogen) atoms. The Morgan fingerprint density at radius 2 is 1.53 bits per heavy atom. The van der Waals surface area contributed by atoms with Crippen molar-refractivity contribution in [3.63, 3.8) is 0 Å². The van der Waals surface area contributed by atoms with E-state index in [0.29, 0.717) is 5.75 Å². The summed E-state index contributed by atoms with van der Waals surface area (Å²) in [6.45, 7) is 0. The molecule has 1 radical (unpaired) electrons. The maximum atomic E-state index is 9.00. The summed E-state index contributed by atoms with van der Waals surface area (Å²) in [4.78, 5) is 0. The van der Waals surface area contributed by atoms with Crippen molar-refractivity contribution in [3.8, 4) is 16.9 Å². The van der Waals surface area contributed by atoms with Gasteiger partial charge in [-0.3, -0.25) is 0 Å². The van der Waals surface area contributed by atoms with Crippen LogP contribution in [0.5, 0.6) is 5.75 Å². The average molecular weight is 247 g/mol.